The average Bonchev–Trinajstić information content (AvgIpc) is 2.97. The molecule has 1 N–H and O–H groups in total. The Hall–Kier alpha value is -2.34. The Balaban J connectivity index is 1.66. The number of nitrogens with zero attached hydrogens (tertiary/aromatic N) is 3. The topological polar surface area (TPSA) is 59.4 Å². The summed E-state index contributed by atoms with van der Waals surface area (Å²) >= 11 is 0. The molecule has 6 heteroatoms. The molecule has 2 amide bonds. The lowest BCUT2D eigenvalue weighted by molar-refractivity contribution is 0.0564. The van der Waals surface area contributed by atoms with E-state index in [0.29, 0.717) is 32.1 Å². The molecule has 104 valence electrons. The molecular weight excluding hydrogens is 256 g/mol. The molecule has 1 fully saturated rings. The summed E-state index contributed by atoms with van der Waals surface area (Å²) in [4.78, 5) is 13.8. The average molecular weight is 272 g/mol. The van der Waals surface area contributed by atoms with Gasteiger partial charge in [0.1, 0.15) is 0 Å². The molecule has 0 radical (unpaired) electrons. The van der Waals surface area contributed by atoms with Crippen LogP contribution in [0.25, 0.3) is 5.69 Å². The van der Waals surface area contributed by atoms with Gasteiger partial charge in [0.2, 0.25) is 0 Å². The van der Waals surface area contributed by atoms with Crippen molar-refractivity contribution in [2.45, 2.75) is 0 Å². The first kappa shape index (κ1) is 12.7. The SMILES string of the molecule is O=C(Nc1ccn(-c2ccccc2)n1)N1CCOCC1. The van der Waals surface area contributed by atoms with Crippen LogP contribution in [0.4, 0.5) is 10.6 Å². The van der Waals surface area contributed by atoms with Crippen LogP contribution in [0.3, 0.4) is 0 Å². The zero-order chi connectivity index (χ0) is 13.8. The second-order valence-electron chi connectivity index (χ2n) is 4.51. The van der Waals surface area contributed by atoms with Gasteiger partial charge in [0.15, 0.2) is 5.82 Å². The molecule has 2 heterocycles. The first-order valence-corrected chi connectivity index (χ1v) is 6.58. The highest BCUT2D eigenvalue weighted by atomic mass is 16.5. The Labute approximate surface area is 116 Å². The molecule has 20 heavy (non-hydrogen) atoms. The largest absolute Gasteiger partial charge is 0.378 e. The van der Waals surface area contributed by atoms with Gasteiger partial charge in [-0.3, -0.25) is 5.32 Å². The van der Waals surface area contributed by atoms with Crippen LogP contribution in [-0.4, -0.2) is 47.0 Å². The summed E-state index contributed by atoms with van der Waals surface area (Å²) in [5.41, 5.74) is 0.958. The van der Waals surface area contributed by atoms with Crippen molar-refractivity contribution < 1.29 is 9.53 Å². The molecule has 3 rings (SSSR count). The molecule has 1 aliphatic heterocycles. The standard InChI is InChI=1S/C14H16N4O2/c19-14(17-8-10-20-11-9-17)15-13-6-7-18(16-13)12-4-2-1-3-5-12/h1-7H,8-11H2,(H,15,16,19). The van der Waals surface area contributed by atoms with Crippen LogP contribution in [0.5, 0.6) is 0 Å². The van der Waals surface area contributed by atoms with Gasteiger partial charge in [-0.2, -0.15) is 0 Å². The third kappa shape index (κ3) is 2.80. The van der Waals surface area contributed by atoms with E-state index in [1.165, 1.54) is 0 Å². The number of anilines is 1. The van der Waals surface area contributed by atoms with E-state index in [0.717, 1.165) is 5.69 Å². The van der Waals surface area contributed by atoms with Crippen LogP contribution in [0.2, 0.25) is 0 Å². The molecule has 2 aromatic rings. The van der Waals surface area contributed by atoms with E-state index in [-0.39, 0.29) is 6.03 Å². The molecule has 6 nitrogen and oxygen atoms in total. The number of benzene rings is 1. The molecule has 1 aliphatic rings. The summed E-state index contributed by atoms with van der Waals surface area (Å²) in [5, 5.41) is 7.14. The second kappa shape index (κ2) is 5.75. The molecule has 0 saturated carbocycles. The predicted molar refractivity (Wildman–Crippen MR) is 75.0 cm³/mol. The third-order valence-electron chi connectivity index (χ3n) is 3.14. The number of nitrogens with one attached hydrogen (secondary N) is 1. The maximum absolute atomic E-state index is 12.0. The van der Waals surface area contributed by atoms with E-state index >= 15 is 0 Å². The smallest absolute Gasteiger partial charge is 0.323 e. The minimum atomic E-state index is -0.133. The first-order valence-electron chi connectivity index (χ1n) is 6.58. The lowest BCUT2D eigenvalue weighted by Crippen LogP contribution is -2.43. The summed E-state index contributed by atoms with van der Waals surface area (Å²) < 4.78 is 6.95. The van der Waals surface area contributed by atoms with E-state index in [2.05, 4.69) is 10.4 Å². The molecule has 0 bridgehead atoms. The molecule has 1 saturated heterocycles. The third-order valence-corrected chi connectivity index (χ3v) is 3.14. The van der Waals surface area contributed by atoms with Crippen molar-refractivity contribution in [2.75, 3.05) is 31.6 Å². The van der Waals surface area contributed by atoms with Gasteiger partial charge in [-0.05, 0) is 12.1 Å². The fourth-order valence-corrected chi connectivity index (χ4v) is 2.07. The van der Waals surface area contributed by atoms with E-state index < -0.39 is 0 Å². The van der Waals surface area contributed by atoms with Crippen molar-refractivity contribution in [1.29, 1.82) is 0 Å². The van der Waals surface area contributed by atoms with Crippen LogP contribution in [-0.2, 0) is 4.74 Å². The van der Waals surface area contributed by atoms with Gasteiger partial charge < -0.3 is 9.64 Å². The van der Waals surface area contributed by atoms with Gasteiger partial charge in [-0.25, -0.2) is 9.48 Å². The highest BCUT2D eigenvalue weighted by Crippen LogP contribution is 2.10. The van der Waals surface area contributed by atoms with Crippen LogP contribution in [0, 0.1) is 0 Å². The lowest BCUT2D eigenvalue weighted by Gasteiger charge is -2.26. The summed E-state index contributed by atoms with van der Waals surface area (Å²) in [6.07, 6.45) is 1.82. The van der Waals surface area contributed by atoms with Crippen LogP contribution in [0.1, 0.15) is 0 Å². The van der Waals surface area contributed by atoms with Gasteiger partial charge in [-0.15, -0.1) is 5.10 Å². The van der Waals surface area contributed by atoms with Crippen LogP contribution >= 0.6 is 0 Å². The van der Waals surface area contributed by atoms with Crippen molar-refractivity contribution in [3.63, 3.8) is 0 Å². The van der Waals surface area contributed by atoms with Gasteiger partial charge in [-0.1, -0.05) is 18.2 Å². The molecule has 1 aromatic carbocycles. The van der Waals surface area contributed by atoms with E-state index in [9.17, 15) is 4.79 Å². The molecular formula is C14H16N4O2. The summed E-state index contributed by atoms with van der Waals surface area (Å²) in [7, 11) is 0. The Morgan fingerprint density at radius 2 is 1.90 bits per heavy atom. The van der Waals surface area contributed by atoms with Gasteiger partial charge in [0.25, 0.3) is 0 Å². The number of aromatic nitrogens is 2. The first-order chi connectivity index (χ1) is 9.83. The normalized spacial score (nSPS) is 15.1. The molecule has 0 atom stereocenters. The number of carbonyl (C=O) groups is 1. The number of hydrogen-bond acceptors (Lipinski definition) is 3. The Morgan fingerprint density at radius 1 is 1.15 bits per heavy atom. The number of carbonyl (C=O) groups excluding carboxylic acids is 1. The highest BCUT2D eigenvalue weighted by Gasteiger charge is 2.17. The number of rotatable bonds is 2. The second-order valence-corrected chi connectivity index (χ2v) is 4.51. The fraction of sp³-hybridized carbons (Fsp3) is 0.286. The summed E-state index contributed by atoms with van der Waals surface area (Å²) in [6, 6.07) is 11.4. The Kier molecular flexibility index (Phi) is 3.64. The highest BCUT2D eigenvalue weighted by molar-refractivity contribution is 5.88. The molecule has 1 aromatic heterocycles. The monoisotopic (exact) mass is 272 g/mol. The number of morpholine rings is 1. The van der Waals surface area contributed by atoms with Gasteiger partial charge >= 0.3 is 6.03 Å². The predicted octanol–water partition coefficient (Wildman–Crippen LogP) is 1.74. The number of hydrogen-bond donors (Lipinski definition) is 1. The van der Waals surface area contributed by atoms with E-state index in [1.54, 1.807) is 15.6 Å². The molecule has 0 aliphatic carbocycles. The minimum absolute atomic E-state index is 0.133. The zero-order valence-corrected chi connectivity index (χ0v) is 11.0. The molecule has 0 spiro atoms. The van der Waals surface area contributed by atoms with Crippen molar-refractivity contribution in [1.82, 2.24) is 14.7 Å². The summed E-state index contributed by atoms with van der Waals surface area (Å²) in [6.45, 7) is 2.41. The van der Waals surface area contributed by atoms with E-state index in [1.807, 2.05) is 36.5 Å². The Bertz CT molecular complexity index is 576. The maximum atomic E-state index is 12.0. The number of para-hydroxylation sites is 1. The van der Waals surface area contributed by atoms with Gasteiger partial charge in [0, 0.05) is 25.4 Å². The summed E-state index contributed by atoms with van der Waals surface area (Å²) in [5.74, 6) is 0.547. The number of urea groups is 1. The van der Waals surface area contributed by atoms with Crippen molar-refractivity contribution in [2.24, 2.45) is 0 Å². The molecule has 0 unspecified atom stereocenters. The number of ether oxygens (including phenoxy) is 1. The quantitative estimate of drug-likeness (QED) is 0.905. The Morgan fingerprint density at radius 3 is 2.65 bits per heavy atom. The van der Waals surface area contributed by atoms with Crippen molar-refractivity contribution in [3.05, 3.63) is 42.6 Å². The van der Waals surface area contributed by atoms with Gasteiger partial charge in [0.05, 0.1) is 18.9 Å². The van der Waals surface area contributed by atoms with Crippen LogP contribution < -0.4 is 5.32 Å². The number of amides is 2. The van der Waals surface area contributed by atoms with Crippen molar-refractivity contribution >= 4 is 11.8 Å². The van der Waals surface area contributed by atoms with Crippen LogP contribution in [0.15, 0.2) is 42.6 Å². The minimum Gasteiger partial charge on any atom is -0.378 e. The van der Waals surface area contributed by atoms with E-state index in [4.69, 9.17) is 4.74 Å². The lowest BCUT2D eigenvalue weighted by atomic mass is 10.3. The fourth-order valence-electron chi connectivity index (χ4n) is 2.07. The maximum Gasteiger partial charge on any atom is 0.323 e. The van der Waals surface area contributed by atoms with Crippen molar-refractivity contribution in [3.8, 4) is 5.69 Å². The zero-order valence-electron chi connectivity index (χ0n) is 11.0.